The summed E-state index contributed by atoms with van der Waals surface area (Å²) in [6.07, 6.45) is 0.545. The lowest BCUT2D eigenvalue weighted by Gasteiger charge is -2.38. The molecule has 3 aromatic carbocycles. The maximum absolute atomic E-state index is 13.9. The van der Waals surface area contributed by atoms with Crippen molar-refractivity contribution in [3.8, 4) is 17.2 Å². The van der Waals surface area contributed by atoms with Crippen molar-refractivity contribution in [2.24, 2.45) is 0 Å². The molecule has 2 aliphatic heterocycles. The summed E-state index contributed by atoms with van der Waals surface area (Å²) >= 11 is 0. The van der Waals surface area contributed by atoms with Crippen LogP contribution in [0.25, 0.3) is 0 Å². The Morgan fingerprint density at radius 1 is 0.919 bits per heavy atom. The fourth-order valence-electron chi connectivity index (χ4n) is 4.89. The van der Waals surface area contributed by atoms with E-state index in [9.17, 15) is 4.79 Å². The van der Waals surface area contributed by atoms with E-state index in [2.05, 4.69) is 9.80 Å². The van der Waals surface area contributed by atoms with E-state index in [-0.39, 0.29) is 12.4 Å². The van der Waals surface area contributed by atoms with Crippen LogP contribution in [0, 0.1) is 6.92 Å². The van der Waals surface area contributed by atoms with Crippen molar-refractivity contribution >= 4 is 11.6 Å². The number of aromatic nitrogens is 2. The molecule has 0 N–H and O–H groups in total. The predicted molar refractivity (Wildman–Crippen MR) is 141 cm³/mol. The molecule has 6 rings (SSSR count). The molecule has 2 aliphatic rings. The number of fused-ring (bicyclic) bond motifs is 2. The van der Waals surface area contributed by atoms with Gasteiger partial charge >= 0.3 is 0 Å². The highest BCUT2D eigenvalue weighted by Gasteiger charge is 2.28. The van der Waals surface area contributed by atoms with Crippen LogP contribution >= 0.6 is 0 Å². The van der Waals surface area contributed by atoms with Gasteiger partial charge in [-0.2, -0.15) is 0 Å². The molecule has 0 unspecified atom stereocenters. The van der Waals surface area contributed by atoms with Crippen LogP contribution in [0.1, 0.15) is 22.4 Å². The number of anilines is 2. The molecule has 0 aliphatic carbocycles. The van der Waals surface area contributed by atoms with Crippen molar-refractivity contribution in [3.05, 3.63) is 106 Å². The topological polar surface area (TPSA) is 69.1 Å². The summed E-state index contributed by atoms with van der Waals surface area (Å²) in [7, 11) is 1.65. The van der Waals surface area contributed by atoms with Crippen LogP contribution in [-0.2, 0) is 19.6 Å². The van der Waals surface area contributed by atoms with E-state index in [0.29, 0.717) is 32.3 Å². The normalized spacial score (nSPS) is 14.5. The molecule has 0 saturated carbocycles. The average molecular weight is 497 g/mol. The third-order valence-electron chi connectivity index (χ3n) is 6.82. The summed E-state index contributed by atoms with van der Waals surface area (Å²) in [4.78, 5) is 23.1. The first-order valence-corrected chi connectivity index (χ1v) is 12.3. The molecule has 4 aromatic rings. The van der Waals surface area contributed by atoms with E-state index in [4.69, 9.17) is 19.2 Å². The molecule has 3 heterocycles. The Bertz CT molecular complexity index is 1480. The van der Waals surface area contributed by atoms with Gasteiger partial charge in [0.25, 0.3) is 5.56 Å². The van der Waals surface area contributed by atoms with Crippen LogP contribution in [0.5, 0.6) is 17.2 Å². The summed E-state index contributed by atoms with van der Waals surface area (Å²) in [5.74, 6) is 2.93. The van der Waals surface area contributed by atoms with Crippen molar-refractivity contribution in [1.82, 2.24) is 14.5 Å². The number of hydrogen-bond acceptors (Lipinski definition) is 7. The first kappa shape index (κ1) is 23.1. The zero-order chi connectivity index (χ0) is 25.4. The van der Waals surface area contributed by atoms with Crippen LogP contribution in [0.3, 0.4) is 0 Å². The van der Waals surface area contributed by atoms with Gasteiger partial charge in [0.15, 0.2) is 11.5 Å². The Balaban J connectivity index is 1.39. The second-order valence-corrected chi connectivity index (χ2v) is 9.30. The molecular formula is C29H28N4O4. The van der Waals surface area contributed by atoms with Crippen molar-refractivity contribution in [1.29, 1.82) is 0 Å². The van der Waals surface area contributed by atoms with Gasteiger partial charge in [-0.05, 0) is 54.4 Å². The van der Waals surface area contributed by atoms with Gasteiger partial charge in [-0.25, -0.2) is 4.98 Å². The summed E-state index contributed by atoms with van der Waals surface area (Å²) in [5, 5.41) is 0. The third kappa shape index (κ3) is 4.51. The minimum absolute atomic E-state index is 0.0137. The lowest BCUT2D eigenvalue weighted by molar-refractivity contribution is 0.173. The van der Waals surface area contributed by atoms with E-state index < -0.39 is 0 Å². The van der Waals surface area contributed by atoms with Crippen molar-refractivity contribution in [2.45, 2.75) is 26.6 Å². The summed E-state index contributed by atoms with van der Waals surface area (Å²) in [6.45, 7) is 3.81. The highest BCUT2D eigenvalue weighted by molar-refractivity contribution is 5.59. The fourth-order valence-corrected chi connectivity index (χ4v) is 4.89. The quantitative estimate of drug-likeness (QED) is 0.391. The van der Waals surface area contributed by atoms with E-state index in [1.807, 2.05) is 79.7 Å². The first-order chi connectivity index (χ1) is 18.1. The Morgan fingerprint density at radius 3 is 2.49 bits per heavy atom. The van der Waals surface area contributed by atoms with Crippen LogP contribution in [0.2, 0.25) is 0 Å². The Kier molecular flexibility index (Phi) is 6.02. The zero-order valence-electron chi connectivity index (χ0n) is 20.9. The third-order valence-corrected chi connectivity index (χ3v) is 6.82. The molecule has 0 bridgehead atoms. The summed E-state index contributed by atoms with van der Waals surface area (Å²) in [5.41, 5.74) is 4.56. The summed E-state index contributed by atoms with van der Waals surface area (Å²) < 4.78 is 18.2. The molecule has 0 fully saturated rings. The molecule has 0 saturated heterocycles. The van der Waals surface area contributed by atoms with E-state index >= 15 is 0 Å². The molecule has 1 aromatic heterocycles. The lowest BCUT2D eigenvalue weighted by Crippen LogP contribution is -2.47. The number of ether oxygens (including phenoxy) is 3. The highest BCUT2D eigenvalue weighted by Crippen LogP contribution is 2.34. The Morgan fingerprint density at radius 2 is 1.70 bits per heavy atom. The van der Waals surface area contributed by atoms with Gasteiger partial charge in [0.05, 0.1) is 26.1 Å². The maximum atomic E-state index is 13.9. The van der Waals surface area contributed by atoms with Crippen LogP contribution in [0.15, 0.2) is 77.6 Å². The second-order valence-electron chi connectivity index (χ2n) is 9.30. The van der Waals surface area contributed by atoms with Crippen molar-refractivity contribution < 1.29 is 14.2 Å². The van der Waals surface area contributed by atoms with Crippen LogP contribution in [-0.4, -0.2) is 35.0 Å². The van der Waals surface area contributed by atoms with Crippen molar-refractivity contribution in [3.63, 3.8) is 0 Å². The first-order valence-electron chi connectivity index (χ1n) is 12.3. The van der Waals surface area contributed by atoms with E-state index in [1.165, 1.54) is 0 Å². The lowest BCUT2D eigenvalue weighted by atomic mass is 10.1. The maximum Gasteiger partial charge on any atom is 0.259 e. The molecule has 188 valence electrons. The van der Waals surface area contributed by atoms with Gasteiger partial charge in [0.2, 0.25) is 12.7 Å². The van der Waals surface area contributed by atoms with Gasteiger partial charge in [-0.1, -0.05) is 36.4 Å². The number of hydrogen-bond donors (Lipinski definition) is 0. The SMILES string of the molecule is COc1ccc(N2CN(Cc3ccc4c(c3)OCO4)Cn3c2nc(C)c(Cc2ccccc2)c3=O)cc1. The molecule has 8 heteroatoms. The Labute approximate surface area is 215 Å². The number of rotatable bonds is 6. The molecular weight excluding hydrogens is 468 g/mol. The fraction of sp³-hybridized carbons (Fsp3) is 0.241. The molecule has 37 heavy (non-hydrogen) atoms. The largest absolute Gasteiger partial charge is 0.497 e. The number of benzene rings is 3. The molecule has 0 atom stereocenters. The minimum Gasteiger partial charge on any atom is -0.497 e. The predicted octanol–water partition coefficient (Wildman–Crippen LogP) is 4.45. The highest BCUT2D eigenvalue weighted by atomic mass is 16.7. The van der Waals surface area contributed by atoms with Gasteiger partial charge in [-0.15, -0.1) is 0 Å². The van der Waals surface area contributed by atoms with Crippen LogP contribution in [0.4, 0.5) is 11.6 Å². The van der Waals surface area contributed by atoms with E-state index in [1.54, 1.807) is 11.7 Å². The molecule has 0 spiro atoms. The number of aryl methyl sites for hydroxylation is 1. The summed E-state index contributed by atoms with van der Waals surface area (Å²) in [6, 6.07) is 23.9. The second kappa shape index (κ2) is 9.63. The monoisotopic (exact) mass is 496 g/mol. The van der Waals surface area contributed by atoms with Gasteiger partial charge in [0.1, 0.15) is 5.75 Å². The van der Waals surface area contributed by atoms with Crippen LogP contribution < -0.4 is 24.7 Å². The van der Waals surface area contributed by atoms with E-state index in [0.717, 1.165) is 45.3 Å². The van der Waals surface area contributed by atoms with Gasteiger partial charge in [-0.3, -0.25) is 19.2 Å². The average Bonchev–Trinajstić information content (AvgIpc) is 3.40. The van der Waals surface area contributed by atoms with Crippen molar-refractivity contribution in [2.75, 3.05) is 25.5 Å². The molecule has 8 nitrogen and oxygen atoms in total. The zero-order valence-corrected chi connectivity index (χ0v) is 20.9. The molecule has 0 radical (unpaired) electrons. The molecule has 0 amide bonds. The number of methoxy groups -OCH3 is 1. The Hall–Kier alpha value is -4.30. The van der Waals surface area contributed by atoms with Gasteiger partial charge in [0, 0.05) is 24.2 Å². The van der Waals surface area contributed by atoms with Gasteiger partial charge < -0.3 is 14.2 Å². The standard InChI is InChI=1S/C29H28N4O4/c1-20-25(14-21-6-4-3-5-7-21)28(34)33-18-31(16-22-8-13-26-27(15-22)37-19-36-26)17-32(29(33)30-20)23-9-11-24(35-2)12-10-23/h3-13,15H,14,16-19H2,1-2H3. The number of nitrogens with zero attached hydrogens (tertiary/aromatic N) is 4. The smallest absolute Gasteiger partial charge is 0.259 e. The minimum atomic E-state index is -0.0137.